The minimum Gasteiger partial charge on any atom is -0.468 e. The molecule has 7 heteroatoms. The average molecular weight is 347 g/mol. The molecular weight excluding hydrogens is 322 g/mol. The second-order valence-electron chi connectivity index (χ2n) is 7.83. The summed E-state index contributed by atoms with van der Waals surface area (Å²) in [4.78, 5) is 4.71. The van der Waals surface area contributed by atoms with E-state index in [4.69, 9.17) is 19.2 Å². The molecular formula is C17H25N3O3Si. The summed E-state index contributed by atoms with van der Waals surface area (Å²) in [5, 5.41) is 4.57. The molecule has 0 radical (unpaired) electrons. The molecule has 0 saturated carbocycles. The summed E-state index contributed by atoms with van der Waals surface area (Å²) in [5.74, 6) is 0.663. The van der Waals surface area contributed by atoms with Crippen molar-refractivity contribution >= 4 is 24.8 Å². The number of nitrogens with zero attached hydrogens (tertiary/aromatic N) is 2. The van der Waals surface area contributed by atoms with Crippen molar-refractivity contribution in [1.82, 2.24) is 9.55 Å². The maximum atomic E-state index is 6.01. The summed E-state index contributed by atoms with van der Waals surface area (Å²) in [7, 11) is -1.06. The van der Waals surface area contributed by atoms with E-state index in [-0.39, 0.29) is 12.1 Å². The van der Waals surface area contributed by atoms with Crippen molar-refractivity contribution in [3.63, 3.8) is 0 Å². The van der Waals surface area contributed by atoms with Crippen molar-refractivity contribution in [3.8, 4) is 5.88 Å². The molecule has 0 unspecified atom stereocenters. The molecule has 0 aromatic carbocycles. The maximum Gasteiger partial charge on any atom is 0.239 e. The van der Waals surface area contributed by atoms with Gasteiger partial charge in [-0.25, -0.2) is 0 Å². The topological polar surface area (TPSA) is 57.5 Å². The molecule has 4 rings (SSSR count). The number of fused-ring (bicyclic) bond motifs is 3. The number of pyridine rings is 1. The molecule has 1 saturated heterocycles. The predicted molar refractivity (Wildman–Crippen MR) is 96.5 cm³/mol. The van der Waals surface area contributed by atoms with Crippen LogP contribution in [0.4, 0.5) is 5.69 Å². The first-order chi connectivity index (χ1) is 11.5. The lowest BCUT2D eigenvalue weighted by molar-refractivity contribution is 0.0897. The summed E-state index contributed by atoms with van der Waals surface area (Å²) in [6.45, 7) is 9.73. The number of hydrogen-bond donors (Lipinski definition) is 1. The van der Waals surface area contributed by atoms with Crippen LogP contribution in [-0.2, 0) is 16.2 Å². The fourth-order valence-electron chi connectivity index (χ4n) is 3.06. The van der Waals surface area contributed by atoms with Gasteiger partial charge in [-0.05, 0) is 18.2 Å². The molecule has 6 nitrogen and oxygen atoms in total. The smallest absolute Gasteiger partial charge is 0.239 e. The van der Waals surface area contributed by atoms with Gasteiger partial charge in [0.1, 0.15) is 18.5 Å². The molecule has 0 spiro atoms. The van der Waals surface area contributed by atoms with Crippen LogP contribution in [0.25, 0.3) is 11.0 Å². The molecule has 2 aliphatic heterocycles. The lowest BCUT2D eigenvalue weighted by atomic mass is 10.1. The Kier molecular flexibility index (Phi) is 4.02. The van der Waals surface area contributed by atoms with Crippen molar-refractivity contribution in [2.75, 3.05) is 25.1 Å². The highest BCUT2D eigenvalue weighted by Crippen LogP contribution is 2.34. The first kappa shape index (κ1) is 15.9. The highest BCUT2D eigenvalue weighted by atomic mass is 28.3. The van der Waals surface area contributed by atoms with Crippen LogP contribution in [0.5, 0.6) is 5.88 Å². The Bertz CT molecular complexity index is 740. The van der Waals surface area contributed by atoms with Gasteiger partial charge in [-0.2, -0.15) is 4.98 Å². The molecule has 0 amide bonds. The van der Waals surface area contributed by atoms with Gasteiger partial charge < -0.3 is 24.1 Å². The predicted octanol–water partition coefficient (Wildman–Crippen LogP) is 2.92. The number of anilines is 1. The second kappa shape index (κ2) is 6.05. The van der Waals surface area contributed by atoms with Gasteiger partial charge >= 0.3 is 0 Å². The number of rotatable bonds is 5. The summed E-state index contributed by atoms with van der Waals surface area (Å²) in [6.07, 6.45) is 2.08. The zero-order chi connectivity index (χ0) is 16.7. The largest absolute Gasteiger partial charge is 0.468 e. The first-order valence-electron chi connectivity index (χ1n) is 8.58. The average Bonchev–Trinajstić information content (AvgIpc) is 3.12. The highest BCUT2D eigenvalue weighted by Gasteiger charge is 2.35. The number of aromatic nitrogens is 2. The minimum atomic E-state index is -1.06. The lowest BCUT2D eigenvalue weighted by Crippen LogP contribution is -2.40. The molecule has 0 bridgehead atoms. The quantitative estimate of drug-likeness (QED) is 0.666. The van der Waals surface area contributed by atoms with Gasteiger partial charge in [-0.3, -0.25) is 0 Å². The molecule has 1 N–H and O–H groups in total. The van der Waals surface area contributed by atoms with E-state index in [2.05, 4.69) is 37.1 Å². The molecule has 2 atom stereocenters. The number of hydrogen-bond acceptors (Lipinski definition) is 5. The van der Waals surface area contributed by atoms with E-state index in [9.17, 15) is 0 Å². The van der Waals surface area contributed by atoms with Crippen molar-refractivity contribution < 1.29 is 14.2 Å². The summed E-state index contributed by atoms with van der Waals surface area (Å²) in [5.41, 5.74) is 1.85. The molecule has 2 aromatic heterocycles. The van der Waals surface area contributed by atoms with E-state index < -0.39 is 8.07 Å². The normalized spacial score (nSPS) is 22.8. The van der Waals surface area contributed by atoms with Gasteiger partial charge in [0.15, 0.2) is 0 Å². The highest BCUT2D eigenvalue weighted by molar-refractivity contribution is 6.76. The summed E-state index contributed by atoms with van der Waals surface area (Å²) < 4.78 is 19.4. The van der Waals surface area contributed by atoms with Gasteiger partial charge in [0, 0.05) is 26.3 Å². The fourth-order valence-corrected chi connectivity index (χ4v) is 3.82. The number of nitrogens with one attached hydrogen (secondary N) is 1. The Balaban J connectivity index is 1.50. The van der Waals surface area contributed by atoms with Crippen LogP contribution in [0.2, 0.25) is 25.7 Å². The van der Waals surface area contributed by atoms with E-state index in [1.807, 2.05) is 10.8 Å². The summed E-state index contributed by atoms with van der Waals surface area (Å²) >= 11 is 0. The van der Waals surface area contributed by atoms with Crippen molar-refractivity contribution in [2.45, 2.75) is 44.6 Å². The van der Waals surface area contributed by atoms with Gasteiger partial charge in [0.05, 0.1) is 24.9 Å². The SMILES string of the molecule is C[Si](C)(C)CCOCn1ccc2cc3c(nc21)O[C@H]1COC[C@@H]1N3. The van der Waals surface area contributed by atoms with Crippen LogP contribution in [0, 0.1) is 0 Å². The molecule has 1 fully saturated rings. The molecule has 4 heterocycles. The fraction of sp³-hybridized carbons (Fsp3) is 0.588. The Morgan fingerprint density at radius 1 is 1.38 bits per heavy atom. The van der Waals surface area contributed by atoms with Crippen molar-refractivity contribution in [3.05, 3.63) is 18.3 Å². The van der Waals surface area contributed by atoms with Crippen molar-refractivity contribution in [2.24, 2.45) is 0 Å². The third kappa shape index (κ3) is 3.16. The third-order valence-electron chi connectivity index (χ3n) is 4.56. The molecule has 2 aromatic rings. The van der Waals surface area contributed by atoms with Gasteiger partial charge in [0.25, 0.3) is 0 Å². The Labute approximate surface area is 143 Å². The summed E-state index contributed by atoms with van der Waals surface area (Å²) in [6, 6.07) is 5.57. The molecule has 24 heavy (non-hydrogen) atoms. The van der Waals surface area contributed by atoms with Crippen LogP contribution in [0.3, 0.4) is 0 Å². The van der Waals surface area contributed by atoms with E-state index in [1.165, 1.54) is 6.04 Å². The standard InChI is InChI=1S/C17H25N3O3Si/c1-24(2,3)7-6-21-11-20-5-4-12-8-13-17(19-16(12)20)23-15-10-22-9-14(15)18-13/h4-5,8,14-15,18H,6-7,9-11H2,1-3H3/t14-,15-/m0/s1. The molecule has 0 aliphatic carbocycles. The van der Waals surface area contributed by atoms with Gasteiger partial charge in [-0.1, -0.05) is 19.6 Å². The number of ether oxygens (including phenoxy) is 3. The second-order valence-corrected chi connectivity index (χ2v) is 13.5. The lowest BCUT2D eigenvalue weighted by Gasteiger charge is -2.28. The Morgan fingerprint density at radius 2 is 2.25 bits per heavy atom. The van der Waals surface area contributed by atoms with Crippen LogP contribution in [-0.4, -0.2) is 49.6 Å². The first-order valence-corrected chi connectivity index (χ1v) is 12.3. The molecule has 2 aliphatic rings. The maximum absolute atomic E-state index is 6.01. The van der Waals surface area contributed by atoms with Crippen molar-refractivity contribution in [1.29, 1.82) is 0 Å². The van der Waals surface area contributed by atoms with Gasteiger partial charge in [0.2, 0.25) is 5.88 Å². The zero-order valence-electron chi connectivity index (χ0n) is 14.5. The van der Waals surface area contributed by atoms with E-state index in [0.29, 0.717) is 25.8 Å². The van der Waals surface area contributed by atoms with E-state index in [1.54, 1.807) is 0 Å². The Hall–Kier alpha value is -1.57. The zero-order valence-corrected chi connectivity index (χ0v) is 15.5. The monoisotopic (exact) mass is 347 g/mol. The van der Waals surface area contributed by atoms with Crippen LogP contribution in [0.1, 0.15) is 0 Å². The van der Waals surface area contributed by atoms with Crippen LogP contribution < -0.4 is 10.1 Å². The van der Waals surface area contributed by atoms with E-state index in [0.717, 1.165) is 23.3 Å². The minimum absolute atomic E-state index is 0.0545. The van der Waals surface area contributed by atoms with Gasteiger partial charge in [-0.15, -0.1) is 0 Å². The van der Waals surface area contributed by atoms with Crippen LogP contribution in [0.15, 0.2) is 18.3 Å². The van der Waals surface area contributed by atoms with E-state index >= 15 is 0 Å². The third-order valence-corrected chi connectivity index (χ3v) is 6.27. The molecule has 130 valence electrons. The van der Waals surface area contributed by atoms with Crippen LogP contribution >= 0.6 is 0 Å². The Morgan fingerprint density at radius 3 is 3.08 bits per heavy atom.